The molecule has 22 heavy (non-hydrogen) atoms. The lowest BCUT2D eigenvalue weighted by Crippen LogP contribution is -2.11. The average molecular weight is 320 g/mol. The Morgan fingerprint density at radius 3 is 2.64 bits per heavy atom. The molecular formula is C17H18ClNO3. The van der Waals surface area contributed by atoms with Crippen LogP contribution < -0.4 is 10.1 Å². The molecule has 0 heterocycles. The van der Waals surface area contributed by atoms with E-state index in [1.807, 2.05) is 25.1 Å². The van der Waals surface area contributed by atoms with Gasteiger partial charge in [0.1, 0.15) is 5.75 Å². The summed E-state index contributed by atoms with van der Waals surface area (Å²) in [6.07, 6.45) is 0.760. The van der Waals surface area contributed by atoms with Crippen molar-refractivity contribution in [2.75, 3.05) is 18.5 Å². The Bertz CT molecular complexity index is 641. The molecule has 0 aliphatic carbocycles. The summed E-state index contributed by atoms with van der Waals surface area (Å²) < 4.78 is 5.59. The van der Waals surface area contributed by atoms with Crippen LogP contribution >= 0.6 is 11.6 Å². The summed E-state index contributed by atoms with van der Waals surface area (Å²) in [5.41, 5.74) is 1.87. The third-order valence-corrected chi connectivity index (χ3v) is 3.46. The fourth-order valence-corrected chi connectivity index (χ4v) is 2.21. The number of anilines is 1. The predicted octanol–water partition coefficient (Wildman–Crippen LogP) is 4.23. The van der Waals surface area contributed by atoms with Crippen molar-refractivity contribution in [2.24, 2.45) is 0 Å². The van der Waals surface area contributed by atoms with Crippen LogP contribution in [0, 0.1) is 6.92 Å². The SMILES string of the molecule is Cc1cccc(C(=O)O)c1NCCCOc1ccc(Cl)cc1. The smallest absolute Gasteiger partial charge is 0.337 e. The van der Waals surface area contributed by atoms with Crippen LogP contribution in [-0.2, 0) is 0 Å². The van der Waals surface area contributed by atoms with Crippen LogP contribution in [0.1, 0.15) is 22.3 Å². The van der Waals surface area contributed by atoms with Gasteiger partial charge in [0.2, 0.25) is 0 Å². The lowest BCUT2D eigenvalue weighted by atomic mass is 10.1. The molecule has 0 atom stereocenters. The number of carboxylic acid groups (broad SMARTS) is 1. The largest absolute Gasteiger partial charge is 0.494 e. The van der Waals surface area contributed by atoms with E-state index in [4.69, 9.17) is 16.3 Å². The van der Waals surface area contributed by atoms with Gasteiger partial charge in [-0.05, 0) is 49.2 Å². The third kappa shape index (κ3) is 4.40. The highest BCUT2D eigenvalue weighted by molar-refractivity contribution is 6.30. The molecule has 2 N–H and O–H groups in total. The molecule has 0 aliphatic rings. The van der Waals surface area contributed by atoms with Crippen molar-refractivity contribution < 1.29 is 14.6 Å². The Morgan fingerprint density at radius 1 is 1.23 bits per heavy atom. The average Bonchev–Trinajstić information content (AvgIpc) is 2.50. The number of hydrogen-bond donors (Lipinski definition) is 2. The number of rotatable bonds is 7. The van der Waals surface area contributed by atoms with Crippen LogP contribution in [0.25, 0.3) is 0 Å². The molecule has 0 unspecified atom stereocenters. The maximum atomic E-state index is 11.2. The summed E-state index contributed by atoms with van der Waals surface area (Å²) >= 11 is 5.80. The Hall–Kier alpha value is -2.20. The molecule has 0 fully saturated rings. The zero-order valence-electron chi connectivity index (χ0n) is 12.3. The van der Waals surface area contributed by atoms with Gasteiger partial charge in [-0.25, -0.2) is 4.79 Å². The minimum atomic E-state index is -0.927. The highest BCUT2D eigenvalue weighted by Crippen LogP contribution is 2.20. The van der Waals surface area contributed by atoms with Crippen LogP contribution in [0.15, 0.2) is 42.5 Å². The zero-order valence-corrected chi connectivity index (χ0v) is 13.1. The van der Waals surface area contributed by atoms with Crippen LogP contribution in [0.2, 0.25) is 5.02 Å². The number of aryl methyl sites for hydroxylation is 1. The second-order valence-corrected chi connectivity index (χ2v) is 5.32. The van der Waals surface area contributed by atoms with Crippen molar-refractivity contribution in [1.29, 1.82) is 0 Å². The zero-order chi connectivity index (χ0) is 15.9. The van der Waals surface area contributed by atoms with Gasteiger partial charge in [0.25, 0.3) is 0 Å². The molecule has 0 aromatic heterocycles. The van der Waals surface area contributed by atoms with Crippen LogP contribution in [-0.4, -0.2) is 24.2 Å². The number of hydrogen-bond acceptors (Lipinski definition) is 3. The molecule has 2 aromatic carbocycles. The number of carboxylic acids is 1. The summed E-state index contributed by atoms with van der Waals surface area (Å²) in [7, 11) is 0. The van der Waals surface area contributed by atoms with Crippen molar-refractivity contribution in [1.82, 2.24) is 0 Å². The van der Waals surface area contributed by atoms with Crippen LogP contribution in [0.4, 0.5) is 5.69 Å². The second-order valence-electron chi connectivity index (χ2n) is 4.89. The summed E-state index contributed by atoms with van der Waals surface area (Å²) in [4.78, 5) is 11.2. The Balaban J connectivity index is 1.82. The Kier molecular flexibility index (Phi) is 5.67. The van der Waals surface area contributed by atoms with Gasteiger partial charge in [-0.15, -0.1) is 0 Å². The minimum absolute atomic E-state index is 0.290. The lowest BCUT2D eigenvalue weighted by Gasteiger charge is -2.13. The molecule has 0 saturated carbocycles. The molecule has 2 rings (SSSR count). The Labute approximate surface area is 134 Å². The number of benzene rings is 2. The van der Waals surface area contributed by atoms with E-state index in [0.29, 0.717) is 29.4 Å². The van der Waals surface area contributed by atoms with Crippen molar-refractivity contribution >= 4 is 23.3 Å². The van der Waals surface area contributed by atoms with Gasteiger partial charge in [-0.3, -0.25) is 0 Å². The third-order valence-electron chi connectivity index (χ3n) is 3.21. The van der Waals surface area contributed by atoms with Crippen molar-refractivity contribution in [3.63, 3.8) is 0 Å². The molecule has 0 amide bonds. The first-order chi connectivity index (χ1) is 10.6. The number of halogens is 1. The van der Waals surface area contributed by atoms with Gasteiger partial charge >= 0.3 is 5.97 Å². The molecular weight excluding hydrogens is 302 g/mol. The fraction of sp³-hybridized carbons (Fsp3) is 0.235. The molecule has 2 aromatic rings. The number of para-hydroxylation sites is 1. The van der Waals surface area contributed by atoms with E-state index in [1.165, 1.54) is 0 Å². The predicted molar refractivity (Wildman–Crippen MR) is 88.2 cm³/mol. The molecule has 0 bridgehead atoms. The number of carbonyl (C=O) groups is 1. The highest BCUT2D eigenvalue weighted by atomic mass is 35.5. The van der Waals surface area contributed by atoms with Gasteiger partial charge in [0, 0.05) is 11.6 Å². The number of nitrogens with one attached hydrogen (secondary N) is 1. The summed E-state index contributed by atoms with van der Waals surface area (Å²) in [6.45, 7) is 3.07. The summed E-state index contributed by atoms with van der Waals surface area (Å²) in [6, 6.07) is 12.4. The van der Waals surface area contributed by atoms with Gasteiger partial charge in [0.05, 0.1) is 17.9 Å². The standard InChI is InChI=1S/C17H18ClNO3/c1-12-4-2-5-15(17(20)21)16(12)19-10-3-11-22-14-8-6-13(18)7-9-14/h2,4-9,19H,3,10-11H2,1H3,(H,20,21). The second kappa shape index (κ2) is 7.71. The van der Waals surface area contributed by atoms with Gasteiger partial charge < -0.3 is 15.2 Å². The maximum absolute atomic E-state index is 11.2. The molecule has 4 nitrogen and oxygen atoms in total. The minimum Gasteiger partial charge on any atom is -0.494 e. The fourth-order valence-electron chi connectivity index (χ4n) is 2.09. The summed E-state index contributed by atoms with van der Waals surface area (Å²) in [5, 5.41) is 13.0. The van der Waals surface area contributed by atoms with Gasteiger partial charge in [0.15, 0.2) is 0 Å². The monoisotopic (exact) mass is 319 g/mol. The van der Waals surface area contributed by atoms with Crippen molar-refractivity contribution in [3.05, 3.63) is 58.6 Å². The van der Waals surface area contributed by atoms with E-state index in [-0.39, 0.29) is 0 Å². The van der Waals surface area contributed by atoms with Crippen LogP contribution in [0.5, 0.6) is 5.75 Å². The van der Waals surface area contributed by atoms with E-state index < -0.39 is 5.97 Å². The molecule has 0 saturated heterocycles. The first-order valence-corrected chi connectivity index (χ1v) is 7.41. The van der Waals surface area contributed by atoms with Crippen molar-refractivity contribution in [3.8, 4) is 5.75 Å². The lowest BCUT2D eigenvalue weighted by molar-refractivity contribution is 0.0698. The molecule has 0 spiro atoms. The quantitative estimate of drug-likeness (QED) is 0.750. The van der Waals surface area contributed by atoms with E-state index >= 15 is 0 Å². The van der Waals surface area contributed by atoms with E-state index in [1.54, 1.807) is 24.3 Å². The topological polar surface area (TPSA) is 58.6 Å². The van der Waals surface area contributed by atoms with E-state index in [0.717, 1.165) is 17.7 Å². The first kappa shape index (κ1) is 16.2. The number of aromatic carboxylic acids is 1. The summed E-state index contributed by atoms with van der Waals surface area (Å²) in [5.74, 6) is -0.157. The first-order valence-electron chi connectivity index (χ1n) is 7.03. The maximum Gasteiger partial charge on any atom is 0.337 e. The van der Waals surface area contributed by atoms with E-state index in [2.05, 4.69) is 5.32 Å². The van der Waals surface area contributed by atoms with Gasteiger partial charge in [-0.1, -0.05) is 23.7 Å². The van der Waals surface area contributed by atoms with Crippen molar-refractivity contribution in [2.45, 2.75) is 13.3 Å². The van der Waals surface area contributed by atoms with Crippen LogP contribution in [0.3, 0.4) is 0 Å². The molecule has 116 valence electrons. The number of ether oxygens (including phenoxy) is 1. The van der Waals surface area contributed by atoms with E-state index in [9.17, 15) is 9.90 Å². The molecule has 5 heteroatoms. The molecule has 0 aliphatic heterocycles. The normalized spacial score (nSPS) is 10.3. The molecule has 0 radical (unpaired) electrons. The van der Waals surface area contributed by atoms with Gasteiger partial charge in [-0.2, -0.15) is 0 Å². The Morgan fingerprint density at radius 2 is 1.95 bits per heavy atom. The highest BCUT2D eigenvalue weighted by Gasteiger charge is 2.11.